The fourth-order valence-electron chi connectivity index (χ4n) is 4.48. The Kier molecular flexibility index (Phi) is 4.81. The normalized spacial score (nSPS) is 12.1. The van der Waals surface area contributed by atoms with Gasteiger partial charge < -0.3 is 9.55 Å². The van der Waals surface area contributed by atoms with E-state index < -0.39 is 15.1 Å². The second-order valence-corrected chi connectivity index (χ2v) is 9.91. The Morgan fingerprint density at radius 1 is 1.12 bits per heavy atom. The standard InChI is InChI=1S/C25H19FN4O3S/c1-13(2)18-8-20-22(9-19(18)15-7-16(12-28-11-15)34(26,32)33)30(3)25-23(24(20)31)17-5-4-14(10-27)6-21(17)29-25/h4-9,11-13,29H,1-3H3. The van der Waals surface area contributed by atoms with Gasteiger partial charge in [0.15, 0.2) is 5.43 Å². The summed E-state index contributed by atoms with van der Waals surface area (Å²) in [4.78, 5) is 20.3. The van der Waals surface area contributed by atoms with Crippen molar-refractivity contribution in [1.29, 1.82) is 5.26 Å². The summed E-state index contributed by atoms with van der Waals surface area (Å²) in [5, 5.41) is 11.0. The number of aromatic amines is 1. The molecule has 34 heavy (non-hydrogen) atoms. The molecule has 0 aliphatic carbocycles. The molecule has 0 radical (unpaired) electrons. The zero-order valence-electron chi connectivity index (χ0n) is 18.5. The molecule has 0 aliphatic rings. The lowest BCUT2D eigenvalue weighted by Crippen LogP contribution is -2.10. The molecule has 1 N–H and O–H groups in total. The zero-order chi connectivity index (χ0) is 24.4. The third-order valence-electron chi connectivity index (χ3n) is 6.17. The van der Waals surface area contributed by atoms with Crippen molar-refractivity contribution in [3.8, 4) is 17.2 Å². The summed E-state index contributed by atoms with van der Waals surface area (Å²) < 4.78 is 38.4. The van der Waals surface area contributed by atoms with Crippen molar-refractivity contribution < 1.29 is 12.3 Å². The molecule has 2 aromatic carbocycles. The predicted octanol–water partition coefficient (Wildman–Crippen LogP) is 4.89. The highest BCUT2D eigenvalue weighted by molar-refractivity contribution is 7.86. The van der Waals surface area contributed by atoms with Gasteiger partial charge in [-0.05, 0) is 47.4 Å². The van der Waals surface area contributed by atoms with Crippen molar-refractivity contribution in [3.05, 3.63) is 70.1 Å². The molecule has 5 rings (SSSR count). The van der Waals surface area contributed by atoms with Gasteiger partial charge in [-0.1, -0.05) is 19.9 Å². The van der Waals surface area contributed by atoms with Gasteiger partial charge in [0.1, 0.15) is 10.5 Å². The van der Waals surface area contributed by atoms with E-state index in [1.54, 1.807) is 18.2 Å². The zero-order valence-corrected chi connectivity index (χ0v) is 19.4. The highest BCUT2D eigenvalue weighted by Gasteiger charge is 2.20. The van der Waals surface area contributed by atoms with Crippen LogP contribution >= 0.6 is 0 Å². The predicted molar refractivity (Wildman–Crippen MR) is 129 cm³/mol. The Morgan fingerprint density at radius 3 is 2.56 bits per heavy atom. The van der Waals surface area contributed by atoms with Crippen molar-refractivity contribution in [2.45, 2.75) is 24.7 Å². The molecular weight excluding hydrogens is 455 g/mol. The molecule has 0 bridgehead atoms. The second kappa shape index (κ2) is 7.50. The molecule has 0 amide bonds. The van der Waals surface area contributed by atoms with E-state index >= 15 is 0 Å². The monoisotopic (exact) mass is 474 g/mol. The number of rotatable bonds is 3. The van der Waals surface area contributed by atoms with Gasteiger partial charge >= 0.3 is 10.2 Å². The summed E-state index contributed by atoms with van der Waals surface area (Å²) in [6, 6.07) is 12.1. The number of hydrogen-bond donors (Lipinski definition) is 1. The molecule has 3 heterocycles. The second-order valence-electron chi connectivity index (χ2n) is 8.57. The summed E-state index contributed by atoms with van der Waals surface area (Å²) >= 11 is 0. The first-order valence-electron chi connectivity index (χ1n) is 10.5. The van der Waals surface area contributed by atoms with Gasteiger partial charge in [-0.25, -0.2) is 0 Å². The molecule has 5 aromatic rings. The van der Waals surface area contributed by atoms with Crippen LogP contribution in [0.5, 0.6) is 0 Å². The molecule has 3 aromatic heterocycles. The maximum absolute atomic E-state index is 13.6. The number of hydrogen-bond acceptors (Lipinski definition) is 5. The molecule has 0 fully saturated rings. The third-order valence-corrected chi connectivity index (χ3v) is 6.96. The van der Waals surface area contributed by atoms with E-state index in [-0.39, 0.29) is 11.3 Å². The first kappa shape index (κ1) is 21.8. The first-order chi connectivity index (χ1) is 16.1. The largest absolute Gasteiger partial charge is 0.340 e. The number of nitriles is 1. The van der Waals surface area contributed by atoms with Crippen LogP contribution in [0, 0.1) is 11.3 Å². The van der Waals surface area contributed by atoms with Crippen molar-refractivity contribution in [2.75, 3.05) is 0 Å². The fourth-order valence-corrected chi connectivity index (χ4v) is 4.94. The van der Waals surface area contributed by atoms with Gasteiger partial charge in [-0.15, -0.1) is 3.89 Å². The molecule has 0 spiro atoms. The van der Waals surface area contributed by atoms with Gasteiger partial charge in [-0.3, -0.25) is 9.78 Å². The quantitative estimate of drug-likeness (QED) is 0.375. The number of fused-ring (bicyclic) bond motifs is 4. The summed E-state index contributed by atoms with van der Waals surface area (Å²) in [5.74, 6) is -0.00778. The Morgan fingerprint density at radius 2 is 1.88 bits per heavy atom. The van der Waals surface area contributed by atoms with Gasteiger partial charge in [0.05, 0.1) is 22.5 Å². The van der Waals surface area contributed by atoms with Crippen LogP contribution in [0.25, 0.3) is 44.0 Å². The molecule has 9 heteroatoms. The molecule has 0 saturated heterocycles. The fraction of sp³-hybridized carbons (Fsp3) is 0.160. The maximum Gasteiger partial charge on any atom is 0.333 e. The molecule has 7 nitrogen and oxygen atoms in total. The Balaban J connectivity index is 1.90. The summed E-state index contributed by atoms with van der Waals surface area (Å²) in [5.41, 5.74) is 4.16. The minimum atomic E-state index is -4.92. The smallest absolute Gasteiger partial charge is 0.333 e. The molecular formula is C25H19FN4O3S. The average Bonchev–Trinajstić information content (AvgIpc) is 3.20. The highest BCUT2D eigenvalue weighted by atomic mass is 32.3. The maximum atomic E-state index is 13.6. The minimum absolute atomic E-state index is 0.00778. The SMILES string of the molecule is CC(C)c1cc2c(=O)c3c4ccc(C#N)cc4[nH]c3n(C)c2cc1-c1cncc(S(=O)(=O)F)c1. The topological polar surface area (TPSA) is 109 Å². The molecule has 170 valence electrons. The van der Waals surface area contributed by atoms with Crippen molar-refractivity contribution in [3.63, 3.8) is 0 Å². The summed E-state index contributed by atoms with van der Waals surface area (Å²) in [7, 11) is -3.10. The van der Waals surface area contributed by atoms with E-state index in [4.69, 9.17) is 0 Å². The Labute approximate surface area is 194 Å². The third kappa shape index (κ3) is 3.26. The number of nitrogens with one attached hydrogen (secondary N) is 1. The van der Waals surface area contributed by atoms with Crippen molar-refractivity contribution >= 4 is 43.1 Å². The molecule has 0 unspecified atom stereocenters. The van der Waals surface area contributed by atoms with Gasteiger partial charge in [0.2, 0.25) is 0 Å². The summed E-state index contributed by atoms with van der Waals surface area (Å²) in [6.45, 7) is 3.93. The van der Waals surface area contributed by atoms with E-state index in [2.05, 4.69) is 16.0 Å². The average molecular weight is 475 g/mol. The van der Waals surface area contributed by atoms with Crippen LogP contribution in [0.1, 0.15) is 30.9 Å². The number of nitrogens with zero attached hydrogens (tertiary/aromatic N) is 3. The van der Waals surface area contributed by atoms with Gasteiger partial charge in [-0.2, -0.15) is 13.7 Å². The lowest BCUT2D eigenvalue weighted by molar-refractivity contribution is 0.551. The van der Waals surface area contributed by atoms with Crippen molar-refractivity contribution in [2.24, 2.45) is 7.05 Å². The van der Waals surface area contributed by atoms with Crippen molar-refractivity contribution in [1.82, 2.24) is 14.5 Å². The minimum Gasteiger partial charge on any atom is -0.340 e. The van der Waals surface area contributed by atoms with Crippen LogP contribution in [0.4, 0.5) is 3.89 Å². The summed E-state index contributed by atoms with van der Waals surface area (Å²) in [6.07, 6.45) is 2.44. The molecule has 0 saturated carbocycles. The molecule has 0 aliphatic heterocycles. The lowest BCUT2D eigenvalue weighted by atomic mass is 9.91. The van der Waals surface area contributed by atoms with Crippen LogP contribution in [0.2, 0.25) is 0 Å². The van der Waals surface area contributed by atoms with Gasteiger partial charge in [0, 0.05) is 41.3 Å². The van der Waals surface area contributed by atoms with Crippen LogP contribution in [0.3, 0.4) is 0 Å². The number of pyridine rings is 2. The Bertz CT molecular complexity index is 1860. The number of aryl methyl sites for hydroxylation is 1. The molecule has 0 atom stereocenters. The van der Waals surface area contributed by atoms with Crippen LogP contribution in [0.15, 0.2) is 58.5 Å². The van der Waals surface area contributed by atoms with Crippen LogP contribution in [-0.2, 0) is 17.3 Å². The number of aromatic nitrogens is 3. The number of halogens is 1. The van der Waals surface area contributed by atoms with Gasteiger partial charge in [0.25, 0.3) is 0 Å². The first-order valence-corrected chi connectivity index (χ1v) is 11.9. The van der Waals surface area contributed by atoms with Crippen LogP contribution < -0.4 is 5.43 Å². The highest BCUT2D eigenvalue weighted by Crippen LogP contribution is 2.35. The van der Waals surface area contributed by atoms with E-state index in [1.165, 1.54) is 12.3 Å². The lowest BCUT2D eigenvalue weighted by Gasteiger charge is -2.17. The Hall–Kier alpha value is -4.03. The van der Waals surface area contributed by atoms with Crippen LogP contribution in [-0.4, -0.2) is 23.0 Å². The van der Waals surface area contributed by atoms with E-state index in [0.29, 0.717) is 44.1 Å². The number of benzene rings is 2. The van der Waals surface area contributed by atoms with E-state index in [1.807, 2.05) is 37.6 Å². The van der Waals surface area contributed by atoms with E-state index in [0.717, 1.165) is 17.1 Å². The number of H-pyrrole nitrogens is 1. The van der Waals surface area contributed by atoms with E-state index in [9.17, 15) is 22.4 Å².